The first-order chi connectivity index (χ1) is 17.0. The molecule has 0 radical (unpaired) electrons. The van der Waals surface area contributed by atoms with Gasteiger partial charge in [0.1, 0.15) is 0 Å². The van der Waals surface area contributed by atoms with Gasteiger partial charge in [-0.2, -0.15) is 0 Å². The number of rotatable bonds is 4. The predicted octanol–water partition coefficient (Wildman–Crippen LogP) is 3.95. The molecule has 1 saturated carbocycles. The van der Waals surface area contributed by atoms with Gasteiger partial charge in [0.05, 0.1) is 30.0 Å². The van der Waals surface area contributed by atoms with Crippen LogP contribution in [0.4, 0.5) is 5.69 Å². The van der Waals surface area contributed by atoms with Gasteiger partial charge < -0.3 is 14.5 Å². The smallest absolute Gasteiger partial charge is 0.235 e. The molecule has 4 heterocycles. The van der Waals surface area contributed by atoms with Crippen LogP contribution in [0.3, 0.4) is 0 Å². The molecule has 1 aliphatic carbocycles. The second-order valence-electron chi connectivity index (χ2n) is 12.0. The summed E-state index contributed by atoms with van der Waals surface area (Å²) in [6.45, 7) is 8.58. The van der Waals surface area contributed by atoms with Crippen LogP contribution in [0.15, 0.2) is 30.3 Å². The van der Waals surface area contributed by atoms with Crippen LogP contribution in [0.5, 0.6) is 0 Å². The lowest BCUT2D eigenvalue weighted by Crippen LogP contribution is -2.59. The van der Waals surface area contributed by atoms with Gasteiger partial charge in [-0.05, 0) is 68.9 Å². The van der Waals surface area contributed by atoms with Crippen molar-refractivity contribution in [3.8, 4) is 0 Å². The third-order valence-electron chi connectivity index (χ3n) is 10.2. The van der Waals surface area contributed by atoms with Gasteiger partial charge in [0.25, 0.3) is 0 Å². The zero-order valence-electron chi connectivity index (χ0n) is 21.4. The summed E-state index contributed by atoms with van der Waals surface area (Å²) in [6, 6.07) is 11.1. The van der Waals surface area contributed by atoms with Gasteiger partial charge >= 0.3 is 0 Å². The maximum Gasteiger partial charge on any atom is 0.235 e. The summed E-state index contributed by atoms with van der Waals surface area (Å²) in [4.78, 5) is 34.3. The van der Waals surface area contributed by atoms with Crippen molar-refractivity contribution < 1.29 is 14.3 Å². The van der Waals surface area contributed by atoms with Crippen LogP contribution < -0.4 is 4.90 Å². The molecule has 5 fully saturated rings. The quantitative estimate of drug-likeness (QED) is 0.612. The highest BCUT2D eigenvalue weighted by atomic mass is 16.5. The van der Waals surface area contributed by atoms with Crippen LogP contribution in [0.1, 0.15) is 58.8 Å². The van der Waals surface area contributed by atoms with Crippen molar-refractivity contribution in [3.05, 3.63) is 30.3 Å². The third kappa shape index (κ3) is 3.83. The van der Waals surface area contributed by atoms with E-state index < -0.39 is 0 Å². The molecule has 1 spiro atoms. The Morgan fingerprint density at radius 3 is 2.26 bits per heavy atom. The molecule has 5 aliphatic rings. The number of piperidine rings is 1. The molecule has 35 heavy (non-hydrogen) atoms. The van der Waals surface area contributed by atoms with Gasteiger partial charge in [-0.15, -0.1) is 0 Å². The number of nitrogens with zero attached hydrogens (tertiary/aromatic N) is 3. The van der Waals surface area contributed by atoms with Crippen molar-refractivity contribution >= 4 is 17.5 Å². The molecule has 4 saturated heterocycles. The van der Waals surface area contributed by atoms with Crippen molar-refractivity contribution in [1.82, 2.24) is 9.80 Å². The van der Waals surface area contributed by atoms with Gasteiger partial charge in [-0.3, -0.25) is 14.5 Å². The first-order valence-electron chi connectivity index (χ1n) is 14.0. The van der Waals surface area contributed by atoms with Crippen LogP contribution >= 0.6 is 0 Å². The Morgan fingerprint density at radius 1 is 0.914 bits per heavy atom. The maximum atomic E-state index is 13.9. The zero-order valence-corrected chi connectivity index (χ0v) is 21.4. The minimum absolute atomic E-state index is 0.0442. The topological polar surface area (TPSA) is 53.1 Å². The summed E-state index contributed by atoms with van der Waals surface area (Å²) in [5.74, 6) is 1.32. The average molecular weight is 480 g/mol. The number of ether oxygens (including phenoxy) is 1. The number of hydrogen-bond donors (Lipinski definition) is 0. The van der Waals surface area contributed by atoms with Gasteiger partial charge in [0.2, 0.25) is 11.8 Å². The van der Waals surface area contributed by atoms with E-state index in [-0.39, 0.29) is 35.2 Å². The summed E-state index contributed by atoms with van der Waals surface area (Å²) in [5.41, 5.74) is 0.891. The van der Waals surface area contributed by atoms with Crippen molar-refractivity contribution in [2.45, 2.75) is 76.4 Å². The highest BCUT2D eigenvalue weighted by molar-refractivity contribution is 6.07. The molecule has 0 bridgehead atoms. The summed E-state index contributed by atoms with van der Waals surface area (Å²) in [7, 11) is 0. The summed E-state index contributed by atoms with van der Waals surface area (Å²) in [6.07, 6.45) is 7.99. The number of amides is 2. The van der Waals surface area contributed by atoms with E-state index in [1.165, 1.54) is 25.7 Å². The fourth-order valence-electron chi connectivity index (χ4n) is 8.13. The molecular formula is C29H41N3O3. The summed E-state index contributed by atoms with van der Waals surface area (Å²) < 4.78 is 5.56. The molecule has 6 rings (SSSR count). The molecular weight excluding hydrogens is 438 g/mol. The predicted molar refractivity (Wildman–Crippen MR) is 136 cm³/mol. The molecule has 4 aliphatic heterocycles. The molecule has 6 heteroatoms. The minimum Gasteiger partial charge on any atom is -0.379 e. The zero-order chi connectivity index (χ0) is 24.2. The standard InChI is InChI=1S/C29H41N3O3/c1-20(2)21-8-10-22(11-9-21)30-15-13-29(14-16-30)26-25(18-31(29)23-6-4-3-5-7-23)27(33)32(28(26)34)24-12-17-35-19-24/h3-7,20-22,24-26H,8-19H2,1-2H3. The van der Waals surface area contributed by atoms with E-state index in [1.54, 1.807) is 4.90 Å². The number of carbonyl (C=O) groups is 2. The highest BCUT2D eigenvalue weighted by Crippen LogP contribution is 2.52. The largest absolute Gasteiger partial charge is 0.379 e. The third-order valence-corrected chi connectivity index (χ3v) is 10.2. The van der Waals surface area contributed by atoms with Crippen molar-refractivity contribution in [2.75, 3.05) is 37.7 Å². The van der Waals surface area contributed by atoms with E-state index >= 15 is 0 Å². The van der Waals surface area contributed by atoms with Gasteiger partial charge in [-0.25, -0.2) is 0 Å². The van der Waals surface area contributed by atoms with E-state index in [0.717, 1.165) is 49.9 Å². The minimum atomic E-state index is -0.265. The molecule has 190 valence electrons. The van der Waals surface area contributed by atoms with Gasteiger partial charge in [0.15, 0.2) is 0 Å². The van der Waals surface area contributed by atoms with Crippen LogP contribution in [-0.2, 0) is 14.3 Å². The first-order valence-corrected chi connectivity index (χ1v) is 14.0. The lowest BCUT2D eigenvalue weighted by atomic mass is 9.73. The Bertz CT molecular complexity index is 928. The Kier molecular flexibility index (Phi) is 6.16. The molecule has 6 nitrogen and oxygen atoms in total. The van der Waals surface area contributed by atoms with Crippen LogP contribution in [0.2, 0.25) is 0 Å². The molecule has 0 N–H and O–H groups in total. The van der Waals surface area contributed by atoms with Crippen molar-refractivity contribution in [1.29, 1.82) is 0 Å². The number of para-hydroxylation sites is 1. The second kappa shape index (κ2) is 9.19. The first kappa shape index (κ1) is 23.5. The van der Waals surface area contributed by atoms with E-state index in [2.05, 4.69) is 47.9 Å². The van der Waals surface area contributed by atoms with Crippen molar-refractivity contribution in [2.24, 2.45) is 23.7 Å². The SMILES string of the molecule is CC(C)C1CCC(N2CCC3(CC2)C2C(=O)N(C4CCOC4)C(=O)C2CN3c2ccccc2)CC1. The van der Waals surface area contributed by atoms with E-state index in [4.69, 9.17) is 4.74 Å². The molecule has 3 atom stereocenters. The number of fused-ring (bicyclic) bond motifs is 2. The average Bonchev–Trinajstić information content (AvgIpc) is 3.57. The van der Waals surface area contributed by atoms with Crippen molar-refractivity contribution in [3.63, 3.8) is 0 Å². The summed E-state index contributed by atoms with van der Waals surface area (Å²) >= 11 is 0. The lowest BCUT2D eigenvalue weighted by Gasteiger charge is -2.50. The normalized spacial score (nSPS) is 35.5. The van der Waals surface area contributed by atoms with E-state index in [1.807, 2.05) is 6.07 Å². The summed E-state index contributed by atoms with van der Waals surface area (Å²) in [5, 5.41) is 0. The van der Waals surface area contributed by atoms with E-state index in [0.29, 0.717) is 25.8 Å². The Balaban J connectivity index is 1.25. The number of hydrogen-bond acceptors (Lipinski definition) is 5. The maximum absolute atomic E-state index is 13.9. The highest BCUT2D eigenvalue weighted by Gasteiger charge is 2.66. The Morgan fingerprint density at radius 2 is 1.63 bits per heavy atom. The monoisotopic (exact) mass is 479 g/mol. The Labute approximate surface area is 210 Å². The molecule has 1 aromatic rings. The fraction of sp³-hybridized carbons (Fsp3) is 0.724. The number of carbonyl (C=O) groups excluding carboxylic acids is 2. The van der Waals surface area contributed by atoms with Gasteiger partial charge in [-0.1, -0.05) is 32.0 Å². The number of likely N-dealkylation sites (tertiary alicyclic amines) is 2. The van der Waals surface area contributed by atoms with E-state index in [9.17, 15) is 9.59 Å². The van der Waals surface area contributed by atoms with Gasteiger partial charge in [0, 0.05) is 38.0 Å². The molecule has 3 unspecified atom stereocenters. The van der Waals surface area contributed by atoms with Crippen LogP contribution in [0, 0.1) is 23.7 Å². The fourth-order valence-corrected chi connectivity index (χ4v) is 8.13. The molecule has 0 aromatic heterocycles. The lowest BCUT2D eigenvalue weighted by molar-refractivity contribution is -0.143. The van der Waals surface area contributed by atoms with Crippen LogP contribution in [-0.4, -0.2) is 72.1 Å². The second-order valence-corrected chi connectivity index (χ2v) is 12.0. The van der Waals surface area contributed by atoms with Crippen LogP contribution in [0.25, 0.3) is 0 Å². The molecule has 2 amide bonds. The number of imide groups is 1. The number of benzene rings is 1. The Hall–Kier alpha value is -1.92. The molecule has 1 aromatic carbocycles. The number of anilines is 1.